The van der Waals surface area contributed by atoms with E-state index in [1.54, 1.807) is 14.0 Å². The van der Waals surface area contributed by atoms with Crippen LogP contribution in [0.5, 0.6) is 0 Å². The van der Waals surface area contributed by atoms with Crippen molar-refractivity contribution < 1.29 is 13.2 Å². The van der Waals surface area contributed by atoms with Gasteiger partial charge in [0.05, 0.1) is 17.0 Å². The SMILES string of the molecule is Cc1cc(N)c(C)c(S(=O)(=O)N(C)C2CCOC2C)c1C. The van der Waals surface area contributed by atoms with E-state index >= 15 is 0 Å². The summed E-state index contributed by atoms with van der Waals surface area (Å²) in [6.45, 7) is 7.98. The van der Waals surface area contributed by atoms with Gasteiger partial charge in [-0.3, -0.25) is 0 Å². The first-order chi connectivity index (χ1) is 9.67. The van der Waals surface area contributed by atoms with Crippen molar-refractivity contribution in [2.24, 2.45) is 0 Å². The monoisotopic (exact) mass is 312 g/mol. The number of ether oxygens (including phenoxy) is 1. The maximum Gasteiger partial charge on any atom is 0.243 e. The summed E-state index contributed by atoms with van der Waals surface area (Å²) in [6.07, 6.45) is 0.628. The predicted molar refractivity (Wildman–Crippen MR) is 83.8 cm³/mol. The number of aryl methyl sites for hydroxylation is 1. The van der Waals surface area contributed by atoms with Gasteiger partial charge in [0.2, 0.25) is 10.0 Å². The lowest BCUT2D eigenvalue weighted by Gasteiger charge is -2.28. The highest BCUT2D eigenvalue weighted by Crippen LogP contribution is 2.32. The summed E-state index contributed by atoms with van der Waals surface area (Å²) in [7, 11) is -1.96. The molecule has 21 heavy (non-hydrogen) atoms. The van der Waals surface area contributed by atoms with Crippen molar-refractivity contribution in [1.29, 1.82) is 0 Å². The fourth-order valence-corrected chi connectivity index (χ4v) is 4.92. The molecule has 118 valence electrons. The van der Waals surface area contributed by atoms with E-state index < -0.39 is 10.0 Å². The summed E-state index contributed by atoms with van der Waals surface area (Å²) in [5, 5.41) is 0. The lowest BCUT2D eigenvalue weighted by Crippen LogP contribution is -2.41. The number of hydrogen-bond acceptors (Lipinski definition) is 4. The molecule has 2 rings (SSSR count). The maximum atomic E-state index is 13.0. The quantitative estimate of drug-likeness (QED) is 0.866. The molecule has 2 N–H and O–H groups in total. The Morgan fingerprint density at radius 2 is 1.90 bits per heavy atom. The molecule has 0 spiro atoms. The molecule has 0 radical (unpaired) electrons. The second-order valence-electron chi connectivity index (χ2n) is 5.81. The summed E-state index contributed by atoms with van der Waals surface area (Å²) in [6, 6.07) is 1.70. The van der Waals surface area contributed by atoms with Crippen molar-refractivity contribution in [2.45, 2.75) is 51.2 Å². The van der Waals surface area contributed by atoms with Crippen LogP contribution in [0.2, 0.25) is 0 Å². The molecular weight excluding hydrogens is 288 g/mol. The van der Waals surface area contributed by atoms with Crippen LogP contribution in [0.3, 0.4) is 0 Å². The normalized spacial score (nSPS) is 23.0. The van der Waals surface area contributed by atoms with Gasteiger partial charge in [0.15, 0.2) is 0 Å². The topological polar surface area (TPSA) is 72.6 Å². The summed E-state index contributed by atoms with van der Waals surface area (Å²) in [5.74, 6) is 0. The molecule has 0 aliphatic carbocycles. The molecule has 0 saturated carbocycles. The zero-order valence-corrected chi connectivity index (χ0v) is 14.1. The third kappa shape index (κ3) is 2.67. The molecule has 1 aromatic carbocycles. The average molecular weight is 312 g/mol. The van der Waals surface area contributed by atoms with Crippen molar-refractivity contribution in [1.82, 2.24) is 4.31 Å². The second kappa shape index (κ2) is 5.59. The molecule has 0 amide bonds. The zero-order valence-electron chi connectivity index (χ0n) is 13.3. The summed E-state index contributed by atoms with van der Waals surface area (Å²) in [5.41, 5.74) is 8.75. The number of hydrogen-bond donors (Lipinski definition) is 1. The molecule has 5 nitrogen and oxygen atoms in total. The minimum Gasteiger partial charge on any atom is -0.398 e. The Morgan fingerprint density at radius 1 is 1.29 bits per heavy atom. The standard InChI is InChI=1S/C15H24N2O3S/c1-9-8-13(16)11(3)15(10(9)2)21(18,19)17(5)14-6-7-20-12(14)4/h8,12,14H,6-7,16H2,1-5H3. The first-order valence-corrected chi connectivity index (χ1v) is 8.57. The maximum absolute atomic E-state index is 13.0. The van der Waals surface area contributed by atoms with E-state index in [0.29, 0.717) is 22.8 Å². The second-order valence-corrected chi connectivity index (χ2v) is 7.75. The molecule has 1 fully saturated rings. The smallest absolute Gasteiger partial charge is 0.243 e. The third-order valence-electron chi connectivity index (χ3n) is 4.52. The van der Waals surface area contributed by atoms with Crippen LogP contribution in [0.1, 0.15) is 30.0 Å². The third-order valence-corrected chi connectivity index (χ3v) is 6.68. The molecule has 1 aliphatic rings. The Bertz CT molecular complexity index is 629. The fourth-order valence-electron chi connectivity index (χ4n) is 2.95. The highest BCUT2D eigenvalue weighted by Gasteiger charge is 2.37. The van der Waals surface area contributed by atoms with Crippen molar-refractivity contribution >= 4 is 15.7 Å². The zero-order chi connectivity index (χ0) is 15.9. The van der Waals surface area contributed by atoms with Crippen LogP contribution in [0.15, 0.2) is 11.0 Å². The molecule has 2 unspecified atom stereocenters. The Morgan fingerprint density at radius 3 is 2.43 bits per heavy atom. The largest absolute Gasteiger partial charge is 0.398 e. The number of nitrogen functional groups attached to an aromatic ring is 1. The van der Waals surface area contributed by atoms with Gasteiger partial charge < -0.3 is 10.5 Å². The molecule has 1 aliphatic heterocycles. The van der Waals surface area contributed by atoms with Crippen LogP contribution in [0.4, 0.5) is 5.69 Å². The van der Waals surface area contributed by atoms with E-state index in [1.807, 2.05) is 26.8 Å². The molecule has 1 saturated heterocycles. The van der Waals surface area contributed by atoms with Gasteiger partial charge in [0.25, 0.3) is 0 Å². The van der Waals surface area contributed by atoms with E-state index in [1.165, 1.54) is 4.31 Å². The highest BCUT2D eigenvalue weighted by molar-refractivity contribution is 7.89. The lowest BCUT2D eigenvalue weighted by molar-refractivity contribution is 0.102. The van der Waals surface area contributed by atoms with Gasteiger partial charge in [-0.15, -0.1) is 0 Å². The molecular formula is C15H24N2O3S. The number of nitrogens with zero attached hydrogens (tertiary/aromatic N) is 1. The molecule has 1 heterocycles. The van der Waals surface area contributed by atoms with Crippen LogP contribution < -0.4 is 5.73 Å². The number of rotatable bonds is 3. The van der Waals surface area contributed by atoms with Crippen LogP contribution in [0, 0.1) is 20.8 Å². The Hall–Kier alpha value is -1.11. The Kier molecular flexibility index (Phi) is 4.33. The van der Waals surface area contributed by atoms with Crippen molar-refractivity contribution in [3.63, 3.8) is 0 Å². The van der Waals surface area contributed by atoms with Crippen LogP contribution in [0.25, 0.3) is 0 Å². The van der Waals surface area contributed by atoms with Crippen molar-refractivity contribution in [3.8, 4) is 0 Å². The van der Waals surface area contributed by atoms with Gasteiger partial charge in [0.1, 0.15) is 0 Å². The summed E-state index contributed by atoms with van der Waals surface area (Å²) < 4.78 is 33.0. The van der Waals surface area contributed by atoms with Crippen LogP contribution in [-0.4, -0.2) is 38.5 Å². The number of sulfonamides is 1. The van der Waals surface area contributed by atoms with E-state index in [0.717, 1.165) is 17.5 Å². The van der Waals surface area contributed by atoms with Gasteiger partial charge in [-0.2, -0.15) is 4.31 Å². The van der Waals surface area contributed by atoms with E-state index in [9.17, 15) is 8.42 Å². The average Bonchev–Trinajstić information content (AvgIpc) is 2.81. The predicted octanol–water partition coefficient (Wildman–Crippen LogP) is 1.99. The van der Waals surface area contributed by atoms with Gasteiger partial charge in [-0.05, 0) is 56.9 Å². The van der Waals surface area contributed by atoms with Crippen molar-refractivity contribution in [3.05, 3.63) is 22.8 Å². The van der Waals surface area contributed by atoms with Gasteiger partial charge in [0, 0.05) is 19.3 Å². The first-order valence-electron chi connectivity index (χ1n) is 7.13. The Balaban J connectivity index is 2.54. The fraction of sp³-hybridized carbons (Fsp3) is 0.600. The molecule has 2 atom stereocenters. The van der Waals surface area contributed by atoms with E-state index in [2.05, 4.69) is 0 Å². The molecule has 0 aromatic heterocycles. The molecule has 0 bridgehead atoms. The minimum atomic E-state index is -3.59. The van der Waals surface area contributed by atoms with Gasteiger partial charge in [-0.1, -0.05) is 0 Å². The molecule has 1 aromatic rings. The van der Waals surface area contributed by atoms with Gasteiger partial charge >= 0.3 is 0 Å². The van der Waals surface area contributed by atoms with Gasteiger partial charge in [-0.25, -0.2) is 8.42 Å². The number of anilines is 1. The Labute approximate surface area is 127 Å². The lowest BCUT2D eigenvalue weighted by atomic mass is 10.1. The minimum absolute atomic E-state index is 0.0902. The number of benzene rings is 1. The molecule has 6 heteroatoms. The number of nitrogens with two attached hydrogens (primary N) is 1. The van der Waals surface area contributed by atoms with Crippen LogP contribution in [-0.2, 0) is 14.8 Å². The highest BCUT2D eigenvalue weighted by atomic mass is 32.2. The van der Waals surface area contributed by atoms with Crippen molar-refractivity contribution in [2.75, 3.05) is 19.4 Å². The van der Waals surface area contributed by atoms with Crippen LogP contribution >= 0.6 is 0 Å². The number of likely N-dealkylation sites (N-methyl/N-ethyl adjacent to an activating group) is 1. The summed E-state index contributed by atoms with van der Waals surface area (Å²) >= 11 is 0. The van der Waals surface area contributed by atoms with E-state index in [4.69, 9.17) is 10.5 Å². The van der Waals surface area contributed by atoms with E-state index in [-0.39, 0.29) is 12.1 Å². The summed E-state index contributed by atoms with van der Waals surface area (Å²) in [4.78, 5) is 0.335. The first kappa shape index (κ1) is 16.3.